The molecule has 1 saturated heterocycles. The fraction of sp³-hybridized carbons (Fsp3) is 1.00. The molecule has 1 heterocycles. The average Bonchev–Trinajstić information content (AvgIpc) is 2.52. The molecule has 2 heteroatoms. The summed E-state index contributed by atoms with van der Waals surface area (Å²) in [6.45, 7) is 13.9. The Morgan fingerprint density at radius 3 is 2.53 bits per heavy atom. The van der Waals surface area contributed by atoms with Crippen molar-refractivity contribution in [2.24, 2.45) is 23.0 Å². The molecule has 0 aromatic heterocycles. The molecule has 0 aromatic rings. The topological polar surface area (TPSA) is 29.3 Å². The van der Waals surface area contributed by atoms with Crippen molar-refractivity contribution in [3.63, 3.8) is 0 Å². The summed E-state index contributed by atoms with van der Waals surface area (Å²) in [7, 11) is 0. The van der Waals surface area contributed by atoms with Gasteiger partial charge in [-0.05, 0) is 69.1 Å². The molecule has 0 saturated carbocycles. The quantitative estimate of drug-likeness (QED) is 0.800. The van der Waals surface area contributed by atoms with Crippen molar-refractivity contribution in [3.8, 4) is 0 Å². The highest BCUT2D eigenvalue weighted by molar-refractivity contribution is 4.75. The van der Waals surface area contributed by atoms with Gasteiger partial charge in [-0.15, -0.1) is 0 Å². The summed E-state index contributed by atoms with van der Waals surface area (Å²) >= 11 is 0. The zero-order valence-corrected chi connectivity index (χ0v) is 12.3. The predicted molar refractivity (Wildman–Crippen MR) is 76.1 cm³/mol. The van der Waals surface area contributed by atoms with Crippen LogP contribution in [0.2, 0.25) is 0 Å². The minimum absolute atomic E-state index is 0.309. The molecule has 0 aliphatic carbocycles. The van der Waals surface area contributed by atoms with Crippen LogP contribution in [0.4, 0.5) is 0 Å². The van der Waals surface area contributed by atoms with E-state index in [-0.39, 0.29) is 0 Å². The average molecular weight is 240 g/mol. The highest BCUT2D eigenvalue weighted by atomic mass is 15.1. The smallest absolute Gasteiger partial charge is 0.00132 e. The number of hydrogen-bond donors (Lipinski definition) is 1. The van der Waals surface area contributed by atoms with Crippen LogP contribution in [0.5, 0.6) is 0 Å². The first kappa shape index (κ1) is 15.0. The Kier molecular flexibility index (Phi) is 5.94. The molecule has 0 amide bonds. The maximum atomic E-state index is 5.80. The molecule has 0 radical (unpaired) electrons. The lowest BCUT2D eigenvalue weighted by Gasteiger charge is -2.27. The normalized spacial score (nSPS) is 24.0. The molecule has 1 rings (SSSR count). The number of hydrogen-bond acceptors (Lipinski definition) is 2. The van der Waals surface area contributed by atoms with Crippen LogP contribution in [0, 0.1) is 17.3 Å². The molecule has 2 nitrogen and oxygen atoms in total. The molecule has 1 fully saturated rings. The minimum atomic E-state index is 0.309. The maximum absolute atomic E-state index is 5.80. The van der Waals surface area contributed by atoms with E-state index in [9.17, 15) is 0 Å². The van der Waals surface area contributed by atoms with Crippen LogP contribution in [-0.2, 0) is 0 Å². The van der Waals surface area contributed by atoms with E-state index in [0.717, 1.165) is 18.4 Å². The molecule has 1 aliphatic rings. The van der Waals surface area contributed by atoms with Gasteiger partial charge < -0.3 is 10.6 Å². The summed E-state index contributed by atoms with van der Waals surface area (Å²) in [5.41, 5.74) is 6.11. The summed E-state index contributed by atoms with van der Waals surface area (Å²) in [5, 5.41) is 0. The van der Waals surface area contributed by atoms with Crippen molar-refractivity contribution in [3.05, 3.63) is 0 Å². The van der Waals surface area contributed by atoms with Gasteiger partial charge in [0.2, 0.25) is 0 Å². The Balaban J connectivity index is 2.32. The van der Waals surface area contributed by atoms with Crippen molar-refractivity contribution in [1.29, 1.82) is 0 Å². The Hall–Kier alpha value is -0.0800. The Labute approximate surface area is 108 Å². The fourth-order valence-electron chi connectivity index (χ4n) is 2.63. The summed E-state index contributed by atoms with van der Waals surface area (Å²) in [6.07, 6.45) is 5.43. The lowest BCUT2D eigenvalue weighted by atomic mass is 9.89. The standard InChI is InChI=1S/C15H32N2/c1-13(2)14-6-5-9-17(10-7-14)11-8-15(3,4)12-16/h13-14H,5-12,16H2,1-4H3. The van der Waals surface area contributed by atoms with E-state index >= 15 is 0 Å². The van der Waals surface area contributed by atoms with Gasteiger partial charge in [0.15, 0.2) is 0 Å². The number of nitrogens with zero attached hydrogens (tertiary/aromatic N) is 1. The highest BCUT2D eigenvalue weighted by Crippen LogP contribution is 2.25. The van der Waals surface area contributed by atoms with Gasteiger partial charge in [-0.25, -0.2) is 0 Å². The first-order chi connectivity index (χ1) is 7.94. The maximum Gasteiger partial charge on any atom is -0.00132 e. The monoisotopic (exact) mass is 240 g/mol. The van der Waals surface area contributed by atoms with Crippen molar-refractivity contribution >= 4 is 0 Å². The van der Waals surface area contributed by atoms with Crippen molar-refractivity contribution in [2.75, 3.05) is 26.2 Å². The van der Waals surface area contributed by atoms with Gasteiger partial charge in [0.1, 0.15) is 0 Å². The van der Waals surface area contributed by atoms with E-state index in [0.29, 0.717) is 5.41 Å². The Morgan fingerprint density at radius 2 is 1.94 bits per heavy atom. The zero-order chi connectivity index (χ0) is 12.9. The third-order valence-electron chi connectivity index (χ3n) is 4.47. The van der Waals surface area contributed by atoms with E-state index in [4.69, 9.17) is 5.73 Å². The van der Waals surface area contributed by atoms with Gasteiger partial charge in [-0.3, -0.25) is 0 Å². The molecule has 0 spiro atoms. The molecule has 1 atom stereocenters. The van der Waals surface area contributed by atoms with E-state index in [1.165, 1.54) is 45.3 Å². The van der Waals surface area contributed by atoms with Crippen LogP contribution in [0.25, 0.3) is 0 Å². The van der Waals surface area contributed by atoms with Crippen LogP contribution < -0.4 is 5.73 Å². The number of likely N-dealkylation sites (tertiary alicyclic amines) is 1. The molecular weight excluding hydrogens is 208 g/mol. The summed E-state index contributed by atoms with van der Waals surface area (Å²) in [5.74, 6) is 1.80. The Bertz CT molecular complexity index is 211. The number of nitrogens with two attached hydrogens (primary N) is 1. The lowest BCUT2D eigenvalue weighted by molar-refractivity contribution is 0.222. The summed E-state index contributed by atoms with van der Waals surface area (Å²) in [4.78, 5) is 2.65. The van der Waals surface area contributed by atoms with Gasteiger partial charge in [-0.2, -0.15) is 0 Å². The van der Waals surface area contributed by atoms with Crippen molar-refractivity contribution in [2.45, 2.75) is 53.4 Å². The first-order valence-electron chi connectivity index (χ1n) is 7.37. The second-order valence-electron chi connectivity index (χ2n) is 6.89. The van der Waals surface area contributed by atoms with Crippen LogP contribution in [0.15, 0.2) is 0 Å². The van der Waals surface area contributed by atoms with Crippen LogP contribution >= 0.6 is 0 Å². The summed E-state index contributed by atoms with van der Waals surface area (Å²) < 4.78 is 0. The molecular formula is C15H32N2. The molecule has 0 bridgehead atoms. The number of rotatable bonds is 5. The molecule has 2 N–H and O–H groups in total. The van der Waals surface area contributed by atoms with Gasteiger partial charge in [0.05, 0.1) is 0 Å². The van der Waals surface area contributed by atoms with E-state index < -0.39 is 0 Å². The lowest BCUT2D eigenvalue weighted by Crippen LogP contribution is -2.32. The second-order valence-corrected chi connectivity index (χ2v) is 6.89. The zero-order valence-electron chi connectivity index (χ0n) is 12.3. The molecule has 1 aliphatic heterocycles. The highest BCUT2D eigenvalue weighted by Gasteiger charge is 2.21. The largest absolute Gasteiger partial charge is 0.330 e. The van der Waals surface area contributed by atoms with Crippen LogP contribution in [-0.4, -0.2) is 31.1 Å². The van der Waals surface area contributed by atoms with E-state index in [1.54, 1.807) is 0 Å². The van der Waals surface area contributed by atoms with Gasteiger partial charge in [0, 0.05) is 0 Å². The molecule has 102 valence electrons. The first-order valence-corrected chi connectivity index (χ1v) is 7.37. The minimum Gasteiger partial charge on any atom is -0.330 e. The SMILES string of the molecule is CC(C)C1CCCN(CCC(C)(C)CN)CC1. The summed E-state index contributed by atoms with van der Waals surface area (Å²) in [6, 6.07) is 0. The molecule has 17 heavy (non-hydrogen) atoms. The van der Waals surface area contributed by atoms with Gasteiger partial charge in [0.25, 0.3) is 0 Å². The van der Waals surface area contributed by atoms with Gasteiger partial charge in [-0.1, -0.05) is 27.7 Å². The third-order valence-corrected chi connectivity index (χ3v) is 4.47. The van der Waals surface area contributed by atoms with Crippen molar-refractivity contribution in [1.82, 2.24) is 4.90 Å². The van der Waals surface area contributed by atoms with Crippen LogP contribution in [0.1, 0.15) is 53.4 Å². The fourth-order valence-corrected chi connectivity index (χ4v) is 2.63. The molecule has 1 unspecified atom stereocenters. The van der Waals surface area contributed by atoms with Gasteiger partial charge >= 0.3 is 0 Å². The van der Waals surface area contributed by atoms with E-state index in [1.807, 2.05) is 0 Å². The Morgan fingerprint density at radius 1 is 1.24 bits per heavy atom. The van der Waals surface area contributed by atoms with Crippen molar-refractivity contribution < 1.29 is 0 Å². The second kappa shape index (κ2) is 6.75. The van der Waals surface area contributed by atoms with Crippen LogP contribution in [0.3, 0.4) is 0 Å². The third kappa shape index (κ3) is 5.39. The van der Waals surface area contributed by atoms with E-state index in [2.05, 4.69) is 32.6 Å². The predicted octanol–water partition coefficient (Wildman–Crippen LogP) is 3.12. The molecule has 0 aromatic carbocycles.